The Kier molecular flexibility index (Phi) is 4.33. The molecule has 6 heteroatoms. The number of hydrogen-bond acceptors (Lipinski definition) is 4. The van der Waals surface area contributed by atoms with E-state index in [0.717, 1.165) is 6.54 Å². The van der Waals surface area contributed by atoms with Gasteiger partial charge in [-0.1, -0.05) is 27.7 Å². The molecule has 90 valence electrons. The molecule has 1 aromatic heterocycles. The lowest BCUT2D eigenvalue weighted by Crippen LogP contribution is -2.29. The van der Waals surface area contributed by atoms with E-state index >= 15 is 0 Å². The minimum Gasteiger partial charge on any atom is -0.354 e. The van der Waals surface area contributed by atoms with E-state index in [4.69, 9.17) is 23.2 Å². The van der Waals surface area contributed by atoms with Crippen LogP contribution in [0, 0.1) is 11.3 Å². The fraction of sp³-hybridized carbons (Fsp3) is 0.700. The average molecular weight is 263 g/mol. The molecule has 0 radical (unpaired) electrons. The Bertz CT molecular complexity index is 346. The molecule has 0 atom stereocenters. The predicted molar refractivity (Wildman–Crippen MR) is 67.0 cm³/mol. The van der Waals surface area contributed by atoms with Gasteiger partial charge in [0.15, 0.2) is 0 Å². The molecule has 0 fully saturated rings. The zero-order valence-electron chi connectivity index (χ0n) is 9.88. The lowest BCUT2D eigenvalue weighted by atomic mass is 9.81. The van der Waals surface area contributed by atoms with Crippen LogP contribution in [0.1, 0.15) is 27.7 Å². The SMILES string of the molecule is CC(C)C(C)(C)CNc1nc(Cl)nc(Cl)n1. The van der Waals surface area contributed by atoms with Crippen LogP contribution in [0.2, 0.25) is 10.6 Å². The summed E-state index contributed by atoms with van der Waals surface area (Å²) in [5.41, 5.74) is 0.144. The van der Waals surface area contributed by atoms with Crippen LogP contribution in [0.3, 0.4) is 0 Å². The van der Waals surface area contributed by atoms with Gasteiger partial charge in [-0.3, -0.25) is 0 Å². The van der Waals surface area contributed by atoms with Crippen molar-refractivity contribution in [3.8, 4) is 0 Å². The summed E-state index contributed by atoms with van der Waals surface area (Å²) in [6.07, 6.45) is 0. The Labute approximate surface area is 106 Å². The summed E-state index contributed by atoms with van der Waals surface area (Å²) < 4.78 is 0. The number of halogens is 2. The third kappa shape index (κ3) is 3.76. The molecule has 0 saturated heterocycles. The maximum absolute atomic E-state index is 5.68. The average Bonchev–Trinajstić information content (AvgIpc) is 2.13. The highest BCUT2D eigenvalue weighted by Gasteiger charge is 2.22. The van der Waals surface area contributed by atoms with Gasteiger partial charge in [0, 0.05) is 6.54 Å². The third-order valence-electron chi connectivity index (χ3n) is 2.85. The summed E-state index contributed by atoms with van der Waals surface area (Å²) in [5.74, 6) is 0.964. The summed E-state index contributed by atoms with van der Waals surface area (Å²) in [4.78, 5) is 11.6. The maximum atomic E-state index is 5.68. The highest BCUT2D eigenvalue weighted by Crippen LogP contribution is 2.26. The number of nitrogens with zero attached hydrogens (tertiary/aromatic N) is 3. The molecule has 1 aromatic rings. The predicted octanol–water partition coefficient (Wildman–Crippen LogP) is 3.27. The van der Waals surface area contributed by atoms with Gasteiger partial charge in [0.05, 0.1) is 0 Å². The molecule has 1 heterocycles. The summed E-state index contributed by atoms with van der Waals surface area (Å²) in [6.45, 7) is 9.45. The molecular formula is C10H16Cl2N4. The number of anilines is 1. The Morgan fingerprint density at radius 2 is 1.62 bits per heavy atom. The first kappa shape index (κ1) is 13.5. The van der Waals surface area contributed by atoms with Gasteiger partial charge in [0.2, 0.25) is 16.5 Å². The third-order valence-corrected chi connectivity index (χ3v) is 3.18. The van der Waals surface area contributed by atoms with Gasteiger partial charge in [0.25, 0.3) is 0 Å². The molecule has 0 aliphatic rings. The highest BCUT2D eigenvalue weighted by molar-refractivity contribution is 6.31. The van der Waals surface area contributed by atoms with Crippen molar-refractivity contribution in [2.24, 2.45) is 11.3 Å². The van der Waals surface area contributed by atoms with Gasteiger partial charge < -0.3 is 5.32 Å². The van der Waals surface area contributed by atoms with Gasteiger partial charge in [-0.15, -0.1) is 0 Å². The second kappa shape index (κ2) is 5.15. The molecule has 0 bridgehead atoms. The first-order valence-electron chi connectivity index (χ1n) is 5.12. The van der Waals surface area contributed by atoms with Crippen LogP contribution >= 0.6 is 23.2 Å². The number of nitrogens with one attached hydrogen (secondary N) is 1. The Morgan fingerprint density at radius 3 is 2.06 bits per heavy atom. The quantitative estimate of drug-likeness (QED) is 0.905. The van der Waals surface area contributed by atoms with Gasteiger partial charge >= 0.3 is 0 Å². The van der Waals surface area contributed by atoms with Crippen molar-refractivity contribution < 1.29 is 0 Å². The Balaban J connectivity index is 2.68. The van der Waals surface area contributed by atoms with Crippen molar-refractivity contribution in [2.45, 2.75) is 27.7 Å². The molecule has 0 aliphatic carbocycles. The van der Waals surface area contributed by atoms with Crippen LogP contribution in [0.25, 0.3) is 0 Å². The minimum absolute atomic E-state index is 0.102. The first-order chi connectivity index (χ1) is 7.31. The fourth-order valence-electron chi connectivity index (χ4n) is 0.916. The van der Waals surface area contributed by atoms with E-state index in [1.54, 1.807) is 0 Å². The standard InChI is InChI=1S/C10H16Cl2N4/c1-6(2)10(3,4)5-13-9-15-7(11)14-8(12)16-9/h6H,5H2,1-4H3,(H,13,14,15,16). The van der Waals surface area contributed by atoms with E-state index in [-0.39, 0.29) is 16.0 Å². The van der Waals surface area contributed by atoms with Crippen LogP contribution in [-0.4, -0.2) is 21.5 Å². The van der Waals surface area contributed by atoms with Crippen LogP contribution in [0.5, 0.6) is 0 Å². The summed E-state index contributed by atoms with van der Waals surface area (Å²) >= 11 is 11.4. The number of hydrogen-bond donors (Lipinski definition) is 1. The molecule has 4 nitrogen and oxygen atoms in total. The summed E-state index contributed by atoms with van der Waals surface area (Å²) in [7, 11) is 0. The zero-order chi connectivity index (χ0) is 12.3. The smallest absolute Gasteiger partial charge is 0.228 e. The Hall–Kier alpha value is -0.610. The summed E-state index contributed by atoms with van der Waals surface area (Å²) in [5, 5.41) is 3.32. The van der Waals surface area contributed by atoms with Crippen molar-refractivity contribution in [1.82, 2.24) is 15.0 Å². The summed E-state index contributed by atoms with van der Waals surface area (Å²) in [6, 6.07) is 0. The van der Waals surface area contributed by atoms with E-state index < -0.39 is 0 Å². The monoisotopic (exact) mass is 262 g/mol. The van der Waals surface area contributed by atoms with E-state index in [9.17, 15) is 0 Å². The highest BCUT2D eigenvalue weighted by atomic mass is 35.5. The molecule has 0 aromatic carbocycles. The molecule has 0 spiro atoms. The minimum atomic E-state index is 0.102. The van der Waals surface area contributed by atoms with E-state index in [1.165, 1.54) is 0 Å². The van der Waals surface area contributed by atoms with Crippen molar-refractivity contribution in [3.63, 3.8) is 0 Å². The van der Waals surface area contributed by atoms with Crippen LogP contribution in [0.15, 0.2) is 0 Å². The van der Waals surface area contributed by atoms with E-state index in [2.05, 4.69) is 48.0 Å². The molecule has 0 saturated carbocycles. The fourth-order valence-corrected chi connectivity index (χ4v) is 1.28. The van der Waals surface area contributed by atoms with Crippen LogP contribution < -0.4 is 5.32 Å². The lowest BCUT2D eigenvalue weighted by Gasteiger charge is -2.29. The molecule has 1 N–H and O–H groups in total. The van der Waals surface area contributed by atoms with E-state index in [1.807, 2.05) is 0 Å². The second-order valence-corrected chi connectivity index (χ2v) is 5.37. The molecular weight excluding hydrogens is 247 g/mol. The number of aromatic nitrogens is 3. The van der Waals surface area contributed by atoms with Gasteiger partial charge in [0.1, 0.15) is 0 Å². The van der Waals surface area contributed by atoms with E-state index in [0.29, 0.717) is 11.9 Å². The molecule has 16 heavy (non-hydrogen) atoms. The van der Waals surface area contributed by atoms with Gasteiger partial charge in [-0.2, -0.15) is 15.0 Å². The Morgan fingerprint density at radius 1 is 1.12 bits per heavy atom. The lowest BCUT2D eigenvalue weighted by molar-refractivity contribution is 0.269. The molecule has 0 amide bonds. The van der Waals surface area contributed by atoms with Crippen molar-refractivity contribution in [3.05, 3.63) is 10.6 Å². The van der Waals surface area contributed by atoms with Gasteiger partial charge in [-0.25, -0.2) is 0 Å². The largest absolute Gasteiger partial charge is 0.354 e. The molecule has 0 aliphatic heterocycles. The second-order valence-electron chi connectivity index (χ2n) is 4.69. The number of rotatable bonds is 4. The van der Waals surface area contributed by atoms with Crippen molar-refractivity contribution >= 4 is 29.2 Å². The van der Waals surface area contributed by atoms with Gasteiger partial charge in [-0.05, 0) is 34.5 Å². The van der Waals surface area contributed by atoms with Crippen LogP contribution in [0.4, 0.5) is 5.95 Å². The normalized spacial score (nSPS) is 11.9. The van der Waals surface area contributed by atoms with Crippen molar-refractivity contribution in [2.75, 3.05) is 11.9 Å². The van der Waals surface area contributed by atoms with Crippen LogP contribution in [-0.2, 0) is 0 Å². The first-order valence-corrected chi connectivity index (χ1v) is 5.88. The molecule has 1 rings (SSSR count). The topological polar surface area (TPSA) is 50.7 Å². The van der Waals surface area contributed by atoms with Crippen molar-refractivity contribution in [1.29, 1.82) is 0 Å². The molecule has 0 unspecified atom stereocenters. The maximum Gasteiger partial charge on any atom is 0.228 e. The zero-order valence-corrected chi connectivity index (χ0v) is 11.4.